The Morgan fingerprint density at radius 3 is 1.76 bits per heavy atom. The number of ether oxygens (including phenoxy) is 2. The van der Waals surface area contributed by atoms with Crippen LogP contribution in [0, 0.1) is 35.5 Å². The molecule has 4 aromatic rings. The Bertz CT molecular complexity index is 2200. The summed E-state index contributed by atoms with van der Waals surface area (Å²) in [4.78, 5) is 75.6. The molecular weight excluding hydrogens is 737 g/mol. The summed E-state index contributed by atoms with van der Waals surface area (Å²) < 4.78 is 9.84. The Balaban J connectivity index is 1.15. The molecule has 4 amide bonds. The van der Waals surface area contributed by atoms with Gasteiger partial charge in [0.25, 0.3) is 0 Å². The molecule has 2 aromatic heterocycles. The molecule has 0 saturated carbocycles. The number of imidazole rings is 2. The van der Waals surface area contributed by atoms with E-state index in [4.69, 9.17) is 19.4 Å². The van der Waals surface area contributed by atoms with Crippen LogP contribution in [0.1, 0.15) is 89.2 Å². The standard InChI is InChI=1S/C44H56N8O6/c1-25(2)37(49(7)43(55)57-9)41(53)51-23-27(5)19-35(51)39-45-22-34(48-39)31-16-13-29(14-17-31)11-12-30-15-18-32-33(21-30)47-40(46-32)36-20-28(6)24-52(36)42(54)38(26(3)4)50(8)44(56)58-10/h13-18,21-22,25-28,35-38H,19-20,23-24H2,1-10H3,(H,45,48)(H,46,47)/t27-,28-,35-,36-,37-,38-/m0/s1. The van der Waals surface area contributed by atoms with E-state index in [-0.39, 0.29) is 47.6 Å². The second-order valence-corrected chi connectivity index (χ2v) is 16.6. The Morgan fingerprint density at radius 2 is 1.24 bits per heavy atom. The fraction of sp³-hybridized carbons (Fsp3) is 0.500. The highest BCUT2D eigenvalue weighted by molar-refractivity contribution is 5.87. The molecule has 2 aliphatic heterocycles. The monoisotopic (exact) mass is 792 g/mol. The Morgan fingerprint density at radius 1 is 0.741 bits per heavy atom. The Hall–Kier alpha value is -5.84. The Kier molecular flexibility index (Phi) is 12.5. The highest BCUT2D eigenvalue weighted by atomic mass is 16.5. The number of aromatic amines is 2. The number of likely N-dealkylation sites (tertiary alicyclic amines) is 2. The van der Waals surface area contributed by atoms with Gasteiger partial charge in [-0.05, 0) is 66.8 Å². The molecule has 14 heteroatoms. The van der Waals surface area contributed by atoms with Crippen LogP contribution < -0.4 is 0 Å². The number of methoxy groups -OCH3 is 2. The van der Waals surface area contributed by atoms with Gasteiger partial charge in [-0.25, -0.2) is 19.6 Å². The van der Waals surface area contributed by atoms with Gasteiger partial charge in [0.1, 0.15) is 23.7 Å². The number of amides is 4. The lowest BCUT2D eigenvalue weighted by atomic mass is 10.0. The summed E-state index contributed by atoms with van der Waals surface area (Å²) in [7, 11) is 5.84. The van der Waals surface area contributed by atoms with Crippen molar-refractivity contribution in [2.45, 2.75) is 78.6 Å². The van der Waals surface area contributed by atoms with Crippen LogP contribution >= 0.6 is 0 Å². The number of hydrogen-bond acceptors (Lipinski definition) is 8. The van der Waals surface area contributed by atoms with E-state index in [2.05, 4.69) is 35.7 Å². The average molecular weight is 793 g/mol. The van der Waals surface area contributed by atoms with Crippen LogP contribution in [0.2, 0.25) is 0 Å². The number of benzene rings is 2. The lowest BCUT2D eigenvalue weighted by Crippen LogP contribution is -2.52. The molecule has 6 rings (SSSR count). The zero-order chi connectivity index (χ0) is 42.0. The summed E-state index contributed by atoms with van der Waals surface area (Å²) >= 11 is 0. The highest BCUT2D eigenvalue weighted by Gasteiger charge is 2.43. The van der Waals surface area contributed by atoms with E-state index >= 15 is 0 Å². The first-order valence-electron chi connectivity index (χ1n) is 20.0. The van der Waals surface area contributed by atoms with Gasteiger partial charge in [-0.1, -0.05) is 65.5 Å². The third-order valence-corrected chi connectivity index (χ3v) is 11.4. The third kappa shape index (κ3) is 8.54. The molecule has 2 aliphatic rings. The molecule has 2 N–H and O–H groups in total. The molecule has 308 valence electrons. The second-order valence-electron chi connectivity index (χ2n) is 16.6. The van der Waals surface area contributed by atoms with Crippen molar-refractivity contribution in [1.82, 2.24) is 39.5 Å². The SMILES string of the molecule is COC(=O)N(C)[C@H](C(=O)N1C[C@@H](C)C[C@H]1c1nc(-c2ccc(C#Cc3ccc4[nH]c([C@@H]5C[C@H](C)CN5C(=O)[C@H](C(C)C)N(C)C(=O)OC)nc4c3)cc2)c[nH]1)C(C)C. The van der Waals surface area contributed by atoms with E-state index in [1.807, 2.05) is 86.2 Å². The number of fused-ring (bicyclic) bond motifs is 1. The fourth-order valence-corrected chi connectivity index (χ4v) is 8.53. The third-order valence-electron chi connectivity index (χ3n) is 11.4. The maximum absolute atomic E-state index is 13.9. The summed E-state index contributed by atoms with van der Waals surface area (Å²) in [6.45, 7) is 13.1. The minimum Gasteiger partial charge on any atom is -0.453 e. The van der Waals surface area contributed by atoms with Crippen molar-refractivity contribution in [3.8, 4) is 23.1 Å². The second kappa shape index (κ2) is 17.3. The highest BCUT2D eigenvalue weighted by Crippen LogP contribution is 2.38. The molecule has 0 unspecified atom stereocenters. The molecule has 58 heavy (non-hydrogen) atoms. The van der Waals surface area contributed by atoms with Crippen LogP contribution in [-0.4, -0.2) is 117 Å². The molecule has 14 nitrogen and oxygen atoms in total. The normalized spacial score (nSPS) is 20.2. The first-order chi connectivity index (χ1) is 27.6. The minimum absolute atomic E-state index is 0.105. The summed E-state index contributed by atoms with van der Waals surface area (Å²) in [5, 5.41) is 0. The number of rotatable bonds is 9. The number of carbonyl (C=O) groups is 4. The average Bonchev–Trinajstić information content (AvgIpc) is 4.01. The summed E-state index contributed by atoms with van der Waals surface area (Å²) in [6.07, 6.45) is 2.29. The molecule has 0 bridgehead atoms. The zero-order valence-electron chi connectivity index (χ0n) is 35.2. The lowest BCUT2D eigenvalue weighted by Gasteiger charge is -2.34. The molecule has 0 radical (unpaired) electrons. The number of likely N-dealkylation sites (N-methyl/N-ethyl adjacent to an activating group) is 2. The van der Waals surface area contributed by atoms with Crippen LogP contribution in [0.3, 0.4) is 0 Å². The van der Waals surface area contributed by atoms with Gasteiger partial charge in [0.05, 0.1) is 43.0 Å². The van der Waals surface area contributed by atoms with Gasteiger partial charge in [-0.2, -0.15) is 0 Å². The topological polar surface area (TPSA) is 157 Å². The number of H-pyrrole nitrogens is 2. The molecule has 0 aliphatic carbocycles. The van der Waals surface area contributed by atoms with Crippen LogP contribution in [0.5, 0.6) is 0 Å². The Labute approximate surface area is 340 Å². The summed E-state index contributed by atoms with van der Waals surface area (Å²) in [5.74, 6) is 8.05. The smallest absolute Gasteiger partial charge is 0.409 e. The van der Waals surface area contributed by atoms with Crippen molar-refractivity contribution in [2.75, 3.05) is 41.4 Å². The van der Waals surface area contributed by atoms with E-state index in [1.165, 1.54) is 24.0 Å². The van der Waals surface area contributed by atoms with E-state index in [0.29, 0.717) is 24.7 Å². The lowest BCUT2D eigenvalue weighted by molar-refractivity contribution is -0.139. The summed E-state index contributed by atoms with van der Waals surface area (Å²) in [5.41, 5.74) is 4.94. The van der Waals surface area contributed by atoms with E-state index < -0.39 is 24.3 Å². The summed E-state index contributed by atoms with van der Waals surface area (Å²) in [6, 6.07) is 11.9. The quantitative estimate of drug-likeness (QED) is 0.179. The maximum Gasteiger partial charge on any atom is 0.409 e. The molecule has 2 aromatic carbocycles. The largest absolute Gasteiger partial charge is 0.453 e. The number of nitrogens with one attached hydrogen (secondary N) is 2. The predicted molar refractivity (Wildman–Crippen MR) is 220 cm³/mol. The van der Waals surface area contributed by atoms with Crippen LogP contribution in [0.15, 0.2) is 48.7 Å². The van der Waals surface area contributed by atoms with Gasteiger partial charge < -0.3 is 29.2 Å². The van der Waals surface area contributed by atoms with E-state index in [1.54, 1.807) is 14.1 Å². The van der Waals surface area contributed by atoms with Crippen LogP contribution in [0.4, 0.5) is 9.59 Å². The molecule has 6 atom stereocenters. The maximum atomic E-state index is 13.9. The van der Waals surface area contributed by atoms with Crippen molar-refractivity contribution in [1.29, 1.82) is 0 Å². The fourth-order valence-electron chi connectivity index (χ4n) is 8.53. The number of aromatic nitrogens is 4. The van der Waals surface area contributed by atoms with Gasteiger partial charge >= 0.3 is 12.2 Å². The first kappa shape index (κ1) is 41.8. The zero-order valence-corrected chi connectivity index (χ0v) is 35.2. The number of nitrogens with zero attached hydrogens (tertiary/aromatic N) is 6. The van der Waals surface area contributed by atoms with Gasteiger partial charge in [0, 0.05) is 50.1 Å². The van der Waals surface area contributed by atoms with Crippen molar-refractivity contribution >= 4 is 35.0 Å². The number of carbonyl (C=O) groups excluding carboxylic acids is 4. The predicted octanol–water partition coefficient (Wildman–Crippen LogP) is 6.62. The van der Waals surface area contributed by atoms with Crippen molar-refractivity contribution in [3.63, 3.8) is 0 Å². The molecule has 2 fully saturated rings. The van der Waals surface area contributed by atoms with Crippen molar-refractivity contribution < 1.29 is 28.7 Å². The minimum atomic E-state index is -0.659. The molecule has 2 saturated heterocycles. The van der Waals surface area contributed by atoms with Crippen molar-refractivity contribution in [2.24, 2.45) is 23.7 Å². The van der Waals surface area contributed by atoms with Gasteiger partial charge in [-0.3, -0.25) is 19.4 Å². The number of hydrogen-bond donors (Lipinski definition) is 2. The molecule has 0 spiro atoms. The van der Waals surface area contributed by atoms with Gasteiger partial charge in [-0.15, -0.1) is 0 Å². The van der Waals surface area contributed by atoms with Crippen LogP contribution in [-0.2, 0) is 19.1 Å². The van der Waals surface area contributed by atoms with E-state index in [9.17, 15) is 19.2 Å². The van der Waals surface area contributed by atoms with Gasteiger partial charge in [0.15, 0.2) is 0 Å². The first-order valence-corrected chi connectivity index (χ1v) is 20.0. The molecular formula is C44H56N8O6. The van der Waals surface area contributed by atoms with Crippen molar-refractivity contribution in [3.05, 3.63) is 71.4 Å². The molecule has 4 heterocycles. The van der Waals surface area contributed by atoms with Crippen LogP contribution in [0.25, 0.3) is 22.3 Å². The van der Waals surface area contributed by atoms with Gasteiger partial charge in [0.2, 0.25) is 11.8 Å². The van der Waals surface area contributed by atoms with E-state index in [0.717, 1.165) is 46.3 Å².